The highest BCUT2D eigenvalue weighted by Gasteiger charge is 2.50. The molecule has 1 aromatic carbocycles. The molecule has 2 aromatic heterocycles. The van der Waals surface area contributed by atoms with Crippen LogP contribution in [0.5, 0.6) is 5.75 Å². The van der Waals surface area contributed by atoms with Crippen LogP contribution in [0, 0.1) is 18.8 Å². The van der Waals surface area contributed by atoms with Crippen LogP contribution in [-0.2, 0) is 9.53 Å². The molecule has 11 nitrogen and oxygen atoms in total. The molecule has 12 heteroatoms. The Bertz CT molecular complexity index is 1460. The second kappa shape index (κ2) is 11.0. The number of rotatable bonds is 9. The monoisotopic (exact) mass is 596 g/mol. The smallest absolute Gasteiger partial charge is 0.329 e. The number of carboxylic acids is 1. The van der Waals surface area contributed by atoms with Crippen LogP contribution in [0.4, 0.5) is 5.00 Å². The van der Waals surface area contributed by atoms with E-state index < -0.39 is 29.9 Å². The minimum absolute atomic E-state index is 0.0135. The van der Waals surface area contributed by atoms with Crippen LogP contribution in [0.2, 0.25) is 0 Å². The van der Waals surface area contributed by atoms with Gasteiger partial charge in [0.15, 0.2) is 0 Å². The predicted octanol–water partition coefficient (Wildman–Crippen LogP) is 3.88. The number of thiophene rings is 1. The number of oxazole rings is 1. The molecule has 1 unspecified atom stereocenters. The molecule has 0 spiro atoms. The Morgan fingerprint density at radius 2 is 1.98 bits per heavy atom. The number of amides is 1. The van der Waals surface area contributed by atoms with Crippen molar-refractivity contribution in [2.24, 2.45) is 11.8 Å². The number of nitrogens with one attached hydrogen (secondary N) is 1. The van der Waals surface area contributed by atoms with Gasteiger partial charge in [0.25, 0.3) is 5.91 Å². The molecule has 2 aliphatic heterocycles. The number of fused-ring (bicyclic) bond motifs is 2. The van der Waals surface area contributed by atoms with Crippen molar-refractivity contribution in [1.82, 2.24) is 15.2 Å². The van der Waals surface area contributed by atoms with Crippen LogP contribution in [0.25, 0.3) is 10.8 Å². The first kappa shape index (κ1) is 28.7. The first-order valence-electron chi connectivity index (χ1n) is 14.2. The molecule has 3 N–H and O–H groups in total. The van der Waals surface area contributed by atoms with Crippen LogP contribution < -0.4 is 15.0 Å². The molecular weight excluding hydrogens is 560 g/mol. The zero-order chi connectivity index (χ0) is 29.8. The normalized spacial score (nSPS) is 23.3. The zero-order valence-corrected chi connectivity index (χ0v) is 24.9. The van der Waals surface area contributed by atoms with Crippen LogP contribution >= 0.6 is 11.3 Å². The van der Waals surface area contributed by atoms with E-state index >= 15 is 0 Å². The number of benzene rings is 1. The van der Waals surface area contributed by atoms with Gasteiger partial charge in [0.2, 0.25) is 12.2 Å². The fraction of sp³-hybridized carbons (Fsp3) is 0.500. The number of para-hydroxylation sites is 1. The number of carboxylic acid groups (broad SMARTS) is 1. The molecule has 1 aliphatic carbocycles. The number of carbonyl (C=O) groups is 2. The van der Waals surface area contributed by atoms with Crippen LogP contribution in [-0.4, -0.2) is 76.7 Å². The van der Waals surface area contributed by atoms with Crippen molar-refractivity contribution in [3.8, 4) is 16.5 Å². The van der Waals surface area contributed by atoms with Gasteiger partial charge in [0.05, 0.1) is 36.4 Å². The average Bonchev–Trinajstić information content (AvgIpc) is 3.75. The zero-order valence-electron chi connectivity index (χ0n) is 24.1. The molecule has 2 fully saturated rings. The molecule has 224 valence electrons. The predicted molar refractivity (Wildman–Crippen MR) is 155 cm³/mol. The lowest BCUT2D eigenvalue weighted by molar-refractivity contribution is -0.154. The summed E-state index contributed by atoms with van der Waals surface area (Å²) in [5.74, 6) is 0.320. The number of aliphatic hydroxyl groups is 1. The van der Waals surface area contributed by atoms with Gasteiger partial charge in [-0.2, -0.15) is 0 Å². The van der Waals surface area contributed by atoms with Gasteiger partial charge < -0.3 is 34.3 Å². The number of anilines is 1. The molecule has 4 heterocycles. The van der Waals surface area contributed by atoms with E-state index in [1.165, 1.54) is 37.6 Å². The third-order valence-electron chi connectivity index (χ3n) is 8.90. The van der Waals surface area contributed by atoms with E-state index in [9.17, 15) is 19.8 Å². The fourth-order valence-electron chi connectivity index (χ4n) is 6.56. The van der Waals surface area contributed by atoms with Crippen LogP contribution in [0.15, 0.2) is 41.1 Å². The van der Waals surface area contributed by atoms with E-state index in [1.807, 2.05) is 24.3 Å². The van der Waals surface area contributed by atoms with E-state index in [0.29, 0.717) is 44.5 Å². The Kier molecular flexibility index (Phi) is 7.50. The van der Waals surface area contributed by atoms with Gasteiger partial charge in [-0.3, -0.25) is 9.69 Å². The number of aliphatic carboxylic acids is 1. The van der Waals surface area contributed by atoms with E-state index in [-0.39, 0.29) is 12.6 Å². The van der Waals surface area contributed by atoms with Gasteiger partial charge in [-0.05, 0) is 70.2 Å². The molecule has 0 radical (unpaired) electrons. The summed E-state index contributed by atoms with van der Waals surface area (Å²) in [4.78, 5) is 33.9. The number of aliphatic hydroxyl groups excluding tert-OH is 1. The third kappa shape index (κ3) is 4.76. The maximum atomic E-state index is 13.9. The molecule has 1 amide bonds. The van der Waals surface area contributed by atoms with Gasteiger partial charge in [-0.1, -0.05) is 18.2 Å². The van der Waals surface area contributed by atoms with E-state index in [2.05, 4.69) is 10.3 Å². The number of ether oxygens (including phenoxy) is 2. The summed E-state index contributed by atoms with van der Waals surface area (Å²) >= 11 is 1.28. The Hall–Kier alpha value is -3.45. The van der Waals surface area contributed by atoms with Gasteiger partial charge in [0.1, 0.15) is 28.7 Å². The molecule has 3 aliphatic rings. The van der Waals surface area contributed by atoms with Crippen LogP contribution in [0.1, 0.15) is 54.3 Å². The summed E-state index contributed by atoms with van der Waals surface area (Å²) < 4.78 is 18.1. The highest BCUT2D eigenvalue weighted by atomic mass is 32.1. The quantitative estimate of drug-likeness (QED) is 0.334. The van der Waals surface area contributed by atoms with Gasteiger partial charge in [-0.15, -0.1) is 11.3 Å². The van der Waals surface area contributed by atoms with Crippen molar-refractivity contribution in [3.63, 3.8) is 0 Å². The van der Waals surface area contributed by atoms with Crippen molar-refractivity contribution in [3.05, 3.63) is 53.4 Å². The summed E-state index contributed by atoms with van der Waals surface area (Å²) in [6.45, 7) is 6.72. The number of hydrogen-bond acceptors (Lipinski definition) is 10. The van der Waals surface area contributed by atoms with E-state index in [1.54, 1.807) is 18.9 Å². The minimum atomic E-state index is -1.71. The summed E-state index contributed by atoms with van der Waals surface area (Å²) in [6, 6.07) is 7.62. The van der Waals surface area contributed by atoms with E-state index in [0.717, 1.165) is 36.4 Å². The topological polar surface area (TPSA) is 138 Å². The first-order chi connectivity index (χ1) is 20.1. The molecule has 42 heavy (non-hydrogen) atoms. The SMILES string of the molecule is COc1ccccc1[C@@H](CN1c2sc(-c3ncco3)c(C)c2C(=O)N(C(C)(C)C(=O)O)C1O)OC1C[C@H]2CNC[C@@H]2C1. The average molecular weight is 597 g/mol. The van der Waals surface area contributed by atoms with Crippen molar-refractivity contribution >= 4 is 28.2 Å². The van der Waals surface area contributed by atoms with Crippen molar-refractivity contribution in [2.75, 3.05) is 31.6 Å². The lowest BCUT2D eigenvalue weighted by atomic mass is 9.98. The summed E-state index contributed by atoms with van der Waals surface area (Å²) in [5, 5.41) is 25.9. The van der Waals surface area contributed by atoms with Gasteiger partial charge in [0, 0.05) is 5.56 Å². The number of aromatic nitrogens is 1. The van der Waals surface area contributed by atoms with Crippen molar-refractivity contribution in [2.45, 2.75) is 57.7 Å². The summed E-state index contributed by atoms with van der Waals surface area (Å²) in [5.41, 5.74) is 0.0243. The maximum absolute atomic E-state index is 13.9. The molecular formula is C30H36N4O7S. The molecule has 1 saturated heterocycles. The fourth-order valence-corrected chi connectivity index (χ4v) is 7.83. The number of hydrogen-bond donors (Lipinski definition) is 3. The summed E-state index contributed by atoms with van der Waals surface area (Å²) in [6.07, 6.45) is 2.75. The molecule has 6 rings (SSSR count). The third-order valence-corrected chi connectivity index (χ3v) is 10.2. The van der Waals surface area contributed by atoms with E-state index in [4.69, 9.17) is 13.9 Å². The van der Waals surface area contributed by atoms with Crippen LogP contribution in [0.3, 0.4) is 0 Å². The summed E-state index contributed by atoms with van der Waals surface area (Å²) in [7, 11) is 1.61. The molecule has 3 aromatic rings. The highest BCUT2D eigenvalue weighted by Crippen LogP contribution is 2.48. The molecule has 0 bridgehead atoms. The second-order valence-corrected chi connectivity index (χ2v) is 12.7. The Morgan fingerprint density at radius 1 is 1.26 bits per heavy atom. The number of methoxy groups -OCH3 is 1. The standard InChI is InChI=1S/C30H36N4O7S/c1-16-23-26(35)34(30(2,3)28(36)37)29(38)33(27(23)42-24(16)25-32-9-10-40-25)15-22(20-7-5-6-8-21(20)39-4)41-19-11-17-13-31-14-18(17)12-19/h5-10,17-19,22,29,31,38H,11-15H2,1-4H3,(H,36,37)/t17-,18-,22+,29?/m0/s1. The Morgan fingerprint density at radius 3 is 2.62 bits per heavy atom. The maximum Gasteiger partial charge on any atom is 0.329 e. The lowest BCUT2D eigenvalue weighted by Crippen LogP contribution is -2.65. The number of carbonyl (C=O) groups excluding carboxylic acids is 1. The largest absolute Gasteiger partial charge is 0.496 e. The first-order valence-corrected chi connectivity index (χ1v) is 15.0. The lowest BCUT2D eigenvalue weighted by Gasteiger charge is -2.47. The Labute approximate surface area is 248 Å². The number of nitrogens with zero attached hydrogens (tertiary/aromatic N) is 3. The van der Waals surface area contributed by atoms with Gasteiger partial charge in [-0.25, -0.2) is 9.78 Å². The van der Waals surface area contributed by atoms with Gasteiger partial charge >= 0.3 is 5.97 Å². The van der Waals surface area contributed by atoms with Crippen molar-refractivity contribution < 1.29 is 33.7 Å². The molecule has 4 atom stereocenters. The Balaban J connectivity index is 1.44. The minimum Gasteiger partial charge on any atom is -0.496 e. The van der Waals surface area contributed by atoms with Crippen molar-refractivity contribution in [1.29, 1.82) is 0 Å². The molecule has 1 saturated carbocycles. The second-order valence-electron chi connectivity index (χ2n) is 11.8. The highest BCUT2D eigenvalue weighted by molar-refractivity contribution is 7.20.